The molecule has 0 fully saturated rings. The Morgan fingerprint density at radius 2 is 1.74 bits per heavy atom. The van der Waals surface area contributed by atoms with Crippen molar-refractivity contribution in [2.24, 2.45) is 5.73 Å². The Kier molecular flexibility index (Phi) is 4.66. The summed E-state index contributed by atoms with van der Waals surface area (Å²) in [5, 5.41) is 0. The summed E-state index contributed by atoms with van der Waals surface area (Å²) in [6.45, 7) is 4.49. The highest BCUT2D eigenvalue weighted by Crippen LogP contribution is 2.10. The van der Waals surface area contributed by atoms with Crippen LogP contribution in [0.5, 0.6) is 0 Å². The van der Waals surface area contributed by atoms with Gasteiger partial charge in [0.15, 0.2) is 0 Å². The molecule has 19 heavy (non-hydrogen) atoms. The lowest BCUT2D eigenvalue weighted by Gasteiger charge is -2.17. The average Bonchev–Trinajstić information content (AvgIpc) is 2.42. The van der Waals surface area contributed by atoms with Crippen molar-refractivity contribution in [3.63, 3.8) is 0 Å². The molecule has 2 aromatic rings. The number of nitrogens with two attached hydrogens (primary N) is 1. The molecule has 3 nitrogen and oxygen atoms in total. The second kappa shape index (κ2) is 6.45. The van der Waals surface area contributed by atoms with E-state index < -0.39 is 0 Å². The Labute approximate surface area is 115 Å². The number of rotatable bonds is 5. The minimum Gasteiger partial charge on any atom is -0.326 e. The molecular formula is C16H21N3. The molecule has 0 spiro atoms. The van der Waals surface area contributed by atoms with E-state index in [0.29, 0.717) is 6.54 Å². The molecule has 0 unspecified atom stereocenters. The van der Waals surface area contributed by atoms with Crippen molar-refractivity contribution in [3.05, 3.63) is 65.0 Å². The highest BCUT2D eigenvalue weighted by Gasteiger charge is 2.05. The van der Waals surface area contributed by atoms with Gasteiger partial charge in [-0.15, -0.1) is 0 Å². The number of aromatic nitrogens is 1. The van der Waals surface area contributed by atoms with Crippen LogP contribution in [0.2, 0.25) is 0 Å². The van der Waals surface area contributed by atoms with Crippen LogP contribution in [0.25, 0.3) is 0 Å². The zero-order chi connectivity index (χ0) is 13.7. The van der Waals surface area contributed by atoms with Gasteiger partial charge in [0.2, 0.25) is 0 Å². The summed E-state index contributed by atoms with van der Waals surface area (Å²) in [6, 6.07) is 12.6. The third kappa shape index (κ3) is 3.88. The molecule has 1 heterocycles. The molecule has 3 heteroatoms. The lowest BCUT2D eigenvalue weighted by atomic mass is 10.1. The van der Waals surface area contributed by atoms with Crippen LogP contribution in [0.15, 0.2) is 42.6 Å². The summed E-state index contributed by atoms with van der Waals surface area (Å²) >= 11 is 0. The Bertz CT molecular complexity index is 520. The molecule has 0 radical (unpaired) electrons. The summed E-state index contributed by atoms with van der Waals surface area (Å²) in [5.74, 6) is 0. The van der Waals surface area contributed by atoms with Crippen LogP contribution in [0, 0.1) is 6.92 Å². The maximum atomic E-state index is 5.60. The van der Waals surface area contributed by atoms with E-state index in [2.05, 4.69) is 54.2 Å². The normalized spacial score (nSPS) is 10.9. The standard InChI is InChI=1S/C16H21N3/c1-13-4-3-9-18-16(13)12-19(2)11-15-7-5-14(10-17)6-8-15/h3-9H,10-12,17H2,1-2H3. The number of hydrogen-bond donors (Lipinski definition) is 1. The van der Waals surface area contributed by atoms with Gasteiger partial charge in [-0.25, -0.2) is 0 Å². The van der Waals surface area contributed by atoms with Gasteiger partial charge in [0.05, 0.1) is 5.69 Å². The van der Waals surface area contributed by atoms with Crippen LogP contribution in [0.4, 0.5) is 0 Å². The predicted molar refractivity (Wildman–Crippen MR) is 78.5 cm³/mol. The minimum absolute atomic E-state index is 0.600. The summed E-state index contributed by atoms with van der Waals surface area (Å²) in [6.07, 6.45) is 1.85. The first-order valence-corrected chi connectivity index (χ1v) is 6.56. The monoisotopic (exact) mass is 255 g/mol. The highest BCUT2D eigenvalue weighted by molar-refractivity contribution is 5.22. The molecule has 0 aliphatic heterocycles. The molecular weight excluding hydrogens is 234 g/mol. The van der Waals surface area contributed by atoms with E-state index in [1.807, 2.05) is 12.3 Å². The van der Waals surface area contributed by atoms with Crippen molar-refractivity contribution < 1.29 is 0 Å². The van der Waals surface area contributed by atoms with Crippen LogP contribution in [-0.4, -0.2) is 16.9 Å². The van der Waals surface area contributed by atoms with Gasteiger partial charge >= 0.3 is 0 Å². The van der Waals surface area contributed by atoms with Gasteiger partial charge in [0.25, 0.3) is 0 Å². The van der Waals surface area contributed by atoms with E-state index in [0.717, 1.165) is 18.8 Å². The van der Waals surface area contributed by atoms with Gasteiger partial charge in [-0.05, 0) is 36.7 Å². The van der Waals surface area contributed by atoms with E-state index in [1.165, 1.54) is 16.7 Å². The van der Waals surface area contributed by atoms with E-state index in [9.17, 15) is 0 Å². The molecule has 100 valence electrons. The Morgan fingerprint density at radius 3 is 2.37 bits per heavy atom. The molecule has 0 atom stereocenters. The minimum atomic E-state index is 0.600. The van der Waals surface area contributed by atoms with Crippen molar-refractivity contribution in [1.82, 2.24) is 9.88 Å². The molecule has 0 bridgehead atoms. The number of hydrogen-bond acceptors (Lipinski definition) is 3. The quantitative estimate of drug-likeness (QED) is 0.892. The van der Waals surface area contributed by atoms with Crippen LogP contribution in [-0.2, 0) is 19.6 Å². The first-order valence-electron chi connectivity index (χ1n) is 6.56. The maximum absolute atomic E-state index is 5.60. The van der Waals surface area contributed by atoms with Crippen molar-refractivity contribution in [1.29, 1.82) is 0 Å². The third-order valence-electron chi connectivity index (χ3n) is 3.25. The van der Waals surface area contributed by atoms with Gasteiger partial charge in [-0.2, -0.15) is 0 Å². The van der Waals surface area contributed by atoms with Crippen LogP contribution in [0.3, 0.4) is 0 Å². The molecule has 1 aromatic heterocycles. The fraction of sp³-hybridized carbons (Fsp3) is 0.312. The lowest BCUT2D eigenvalue weighted by Crippen LogP contribution is -2.18. The molecule has 2 N–H and O–H groups in total. The van der Waals surface area contributed by atoms with E-state index >= 15 is 0 Å². The SMILES string of the molecule is Cc1cccnc1CN(C)Cc1ccc(CN)cc1. The second-order valence-electron chi connectivity index (χ2n) is 4.96. The summed E-state index contributed by atoms with van der Waals surface area (Å²) in [5.41, 5.74) is 10.5. The van der Waals surface area contributed by atoms with Gasteiger partial charge in [0.1, 0.15) is 0 Å². The summed E-state index contributed by atoms with van der Waals surface area (Å²) < 4.78 is 0. The zero-order valence-electron chi connectivity index (χ0n) is 11.6. The van der Waals surface area contributed by atoms with Crippen LogP contribution < -0.4 is 5.73 Å². The van der Waals surface area contributed by atoms with Crippen molar-refractivity contribution >= 4 is 0 Å². The average molecular weight is 255 g/mol. The number of benzene rings is 1. The molecule has 0 amide bonds. The lowest BCUT2D eigenvalue weighted by molar-refractivity contribution is 0.314. The third-order valence-corrected chi connectivity index (χ3v) is 3.25. The first kappa shape index (κ1) is 13.7. The molecule has 0 aliphatic carbocycles. The number of nitrogens with zero attached hydrogens (tertiary/aromatic N) is 2. The second-order valence-corrected chi connectivity index (χ2v) is 4.96. The fourth-order valence-electron chi connectivity index (χ4n) is 2.09. The molecule has 0 aliphatic rings. The van der Waals surface area contributed by atoms with Gasteiger partial charge in [-0.1, -0.05) is 30.3 Å². The van der Waals surface area contributed by atoms with Gasteiger partial charge < -0.3 is 5.73 Å². The predicted octanol–water partition coefficient (Wildman–Crippen LogP) is 2.48. The number of aryl methyl sites for hydroxylation is 1. The maximum Gasteiger partial charge on any atom is 0.0573 e. The van der Waals surface area contributed by atoms with Crippen molar-refractivity contribution in [3.8, 4) is 0 Å². The van der Waals surface area contributed by atoms with Crippen molar-refractivity contribution in [2.45, 2.75) is 26.6 Å². The van der Waals surface area contributed by atoms with E-state index in [-0.39, 0.29) is 0 Å². The fourth-order valence-corrected chi connectivity index (χ4v) is 2.09. The Hall–Kier alpha value is -1.71. The highest BCUT2D eigenvalue weighted by atomic mass is 15.1. The van der Waals surface area contributed by atoms with Gasteiger partial charge in [-0.3, -0.25) is 9.88 Å². The molecule has 0 saturated carbocycles. The Morgan fingerprint density at radius 1 is 1.05 bits per heavy atom. The van der Waals surface area contributed by atoms with Crippen LogP contribution in [0.1, 0.15) is 22.4 Å². The molecule has 0 saturated heterocycles. The number of pyridine rings is 1. The first-order chi connectivity index (χ1) is 9.19. The molecule has 2 rings (SSSR count). The Balaban J connectivity index is 1.97. The van der Waals surface area contributed by atoms with Crippen molar-refractivity contribution in [2.75, 3.05) is 7.05 Å². The van der Waals surface area contributed by atoms with E-state index in [4.69, 9.17) is 5.73 Å². The van der Waals surface area contributed by atoms with Crippen LogP contribution >= 0.6 is 0 Å². The smallest absolute Gasteiger partial charge is 0.0573 e. The topological polar surface area (TPSA) is 42.2 Å². The largest absolute Gasteiger partial charge is 0.326 e. The zero-order valence-corrected chi connectivity index (χ0v) is 11.6. The van der Waals surface area contributed by atoms with Gasteiger partial charge in [0, 0.05) is 25.8 Å². The summed E-state index contributed by atoms with van der Waals surface area (Å²) in [7, 11) is 2.12. The van der Waals surface area contributed by atoms with E-state index in [1.54, 1.807) is 0 Å². The molecule has 1 aromatic carbocycles. The summed E-state index contributed by atoms with van der Waals surface area (Å²) in [4.78, 5) is 6.70.